The van der Waals surface area contributed by atoms with E-state index in [1.807, 2.05) is 18.2 Å². The van der Waals surface area contributed by atoms with Crippen molar-refractivity contribution in [2.24, 2.45) is 17.3 Å². The van der Waals surface area contributed by atoms with Gasteiger partial charge in [0, 0.05) is 9.22 Å². The molecule has 0 unspecified atom stereocenters. The van der Waals surface area contributed by atoms with Gasteiger partial charge in [0.05, 0.1) is 23.9 Å². The monoisotopic (exact) mass is 476 g/mol. The summed E-state index contributed by atoms with van der Waals surface area (Å²) in [6, 6.07) is 9.39. The van der Waals surface area contributed by atoms with Crippen LogP contribution in [0.1, 0.15) is 44.9 Å². The molecule has 5 rings (SSSR count). The molecule has 4 bridgehead atoms. The Morgan fingerprint density at radius 1 is 1.24 bits per heavy atom. The smallest absolute Gasteiger partial charge is 0.306 e. The van der Waals surface area contributed by atoms with E-state index in [1.165, 1.54) is 31.0 Å². The zero-order valence-electron chi connectivity index (χ0n) is 16.3. The van der Waals surface area contributed by atoms with Crippen LogP contribution in [-0.4, -0.2) is 28.6 Å². The standard InChI is InChI=1S/C22H25BrN2O3S/c23-22-10-15-7-16(11-22)9-21(8-15,14-22)12-20(27)28-13-19(26)25-17-3-1-2-4-18(17)29-6-5-24/h1-4,15-16H,6-14H2,(H,25,26)/t15-,16-,21?,22?/m1/s1. The highest BCUT2D eigenvalue weighted by Crippen LogP contribution is 2.65. The zero-order chi connectivity index (χ0) is 20.5. The molecule has 1 aromatic rings. The third-order valence-electron chi connectivity index (χ3n) is 6.45. The molecule has 154 valence electrons. The van der Waals surface area contributed by atoms with Crippen LogP contribution in [0.4, 0.5) is 5.69 Å². The molecule has 5 nitrogen and oxygen atoms in total. The topological polar surface area (TPSA) is 79.2 Å². The van der Waals surface area contributed by atoms with Crippen LogP contribution in [0, 0.1) is 28.6 Å². The van der Waals surface area contributed by atoms with Crippen molar-refractivity contribution in [1.82, 2.24) is 0 Å². The molecule has 1 N–H and O–H groups in total. The molecule has 29 heavy (non-hydrogen) atoms. The number of anilines is 1. The van der Waals surface area contributed by atoms with Gasteiger partial charge in [-0.3, -0.25) is 9.59 Å². The molecule has 7 heteroatoms. The van der Waals surface area contributed by atoms with E-state index in [4.69, 9.17) is 10.00 Å². The van der Waals surface area contributed by atoms with Crippen LogP contribution in [0.5, 0.6) is 0 Å². The van der Waals surface area contributed by atoms with Crippen LogP contribution in [-0.2, 0) is 14.3 Å². The highest BCUT2D eigenvalue weighted by atomic mass is 79.9. The maximum atomic E-state index is 12.5. The third kappa shape index (κ3) is 4.80. The fraction of sp³-hybridized carbons (Fsp3) is 0.591. The average molecular weight is 477 g/mol. The number of amides is 1. The lowest BCUT2D eigenvalue weighted by Crippen LogP contribution is -2.53. The Labute approximate surface area is 184 Å². The SMILES string of the molecule is N#CCSc1ccccc1NC(=O)COC(=O)CC12C[C@H]3C[C@@H](CC(Br)(C3)C1)C2. The second-order valence-corrected chi connectivity index (χ2v) is 11.6. The van der Waals surface area contributed by atoms with Crippen molar-refractivity contribution in [3.05, 3.63) is 24.3 Å². The number of hydrogen-bond donors (Lipinski definition) is 1. The van der Waals surface area contributed by atoms with E-state index in [-0.39, 0.29) is 28.2 Å². The minimum atomic E-state index is -0.356. The molecular formula is C22H25BrN2O3S. The van der Waals surface area contributed by atoms with Gasteiger partial charge in [-0.2, -0.15) is 5.26 Å². The number of nitrogens with one attached hydrogen (secondary N) is 1. The quantitative estimate of drug-likeness (QED) is 0.343. The number of benzene rings is 1. The Balaban J connectivity index is 1.29. The van der Waals surface area contributed by atoms with Gasteiger partial charge < -0.3 is 10.1 Å². The summed E-state index contributed by atoms with van der Waals surface area (Å²) >= 11 is 5.33. The number of nitriles is 1. The molecule has 0 radical (unpaired) electrons. The summed E-state index contributed by atoms with van der Waals surface area (Å²) in [5.74, 6) is 1.11. The van der Waals surface area contributed by atoms with Gasteiger partial charge in [-0.1, -0.05) is 28.1 Å². The maximum absolute atomic E-state index is 12.5. The summed E-state index contributed by atoms with van der Waals surface area (Å²) < 4.78 is 5.55. The van der Waals surface area contributed by atoms with E-state index in [1.54, 1.807) is 6.07 Å². The summed E-state index contributed by atoms with van der Waals surface area (Å²) in [5, 5.41) is 11.5. The first kappa shape index (κ1) is 20.7. The van der Waals surface area contributed by atoms with Crippen molar-refractivity contribution < 1.29 is 14.3 Å². The Morgan fingerprint density at radius 3 is 2.66 bits per heavy atom. The number of hydrogen-bond acceptors (Lipinski definition) is 5. The van der Waals surface area contributed by atoms with Crippen molar-refractivity contribution in [3.63, 3.8) is 0 Å². The van der Waals surface area contributed by atoms with Gasteiger partial charge in [0.1, 0.15) is 0 Å². The Bertz CT molecular complexity index is 839. The maximum Gasteiger partial charge on any atom is 0.306 e. The molecule has 4 fully saturated rings. The molecule has 4 aliphatic carbocycles. The molecule has 0 aromatic heterocycles. The van der Waals surface area contributed by atoms with Crippen LogP contribution < -0.4 is 5.32 Å². The summed E-state index contributed by atoms with van der Waals surface area (Å²) in [5.41, 5.74) is 0.679. The van der Waals surface area contributed by atoms with E-state index in [9.17, 15) is 9.59 Å². The molecule has 1 aromatic carbocycles. The summed E-state index contributed by atoms with van der Waals surface area (Å²) in [6.07, 6.45) is 7.43. The van der Waals surface area contributed by atoms with Gasteiger partial charge in [-0.15, -0.1) is 11.8 Å². The molecule has 0 spiro atoms. The summed E-state index contributed by atoms with van der Waals surface area (Å²) in [7, 11) is 0. The zero-order valence-corrected chi connectivity index (χ0v) is 18.7. The molecular weight excluding hydrogens is 452 g/mol. The molecule has 4 saturated carbocycles. The van der Waals surface area contributed by atoms with Crippen molar-refractivity contribution >= 4 is 45.3 Å². The van der Waals surface area contributed by atoms with Crippen LogP contribution in [0.3, 0.4) is 0 Å². The number of halogens is 1. The summed E-state index contributed by atoms with van der Waals surface area (Å²) in [4.78, 5) is 25.7. The molecule has 0 saturated heterocycles. The number of nitrogens with zero attached hydrogens (tertiary/aromatic N) is 1. The van der Waals surface area contributed by atoms with Gasteiger partial charge in [-0.25, -0.2) is 0 Å². The Kier molecular flexibility index (Phi) is 5.94. The summed E-state index contributed by atoms with van der Waals surface area (Å²) in [6.45, 7) is -0.279. The van der Waals surface area contributed by atoms with Crippen molar-refractivity contribution in [2.45, 2.75) is 54.2 Å². The van der Waals surface area contributed by atoms with Crippen molar-refractivity contribution in [1.29, 1.82) is 5.26 Å². The molecule has 1 amide bonds. The first-order valence-corrected chi connectivity index (χ1v) is 11.9. The fourth-order valence-electron chi connectivity index (χ4n) is 6.04. The predicted molar refractivity (Wildman–Crippen MR) is 116 cm³/mol. The number of ether oxygens (including phenoxy) is 1. The van der Waals surface area contributed by atoms with Crippen LogP contribution in [0.15, 0.2) is 29.2 Å². The van der Waals surface area contributed by atoms with Gasteiger partial charge in [0.2, 0.25) is 0 Å². The molecule has 0 heterocycles. The van der Waals surface area contributed by atoms with Gasteiger partial charge in [0.15, 0.2) is 6.61 Å². The largest absolute Gasteiger partial charge is 0.456 e. The normalized spacial score (nSPS) is 31.9. The highest BCUT2D eigenvalue weighted by molar-refractivity contribution is 9.10. The van der Waals surface area contributed by atoms with E-state index in [0.29, 0.717) is 29.7 Å². The number of esters is 1. The number of rotatable bonds is 7. The number of carbonyl (C=O) groups excluding carboxylic acids is 2. The van der Waals surface area contributed by atoms with Crippen molar-refractivity contribution in [3.8, 4) is 6.07 Å². The van der Waals surface area contributed by atoms with Gasteiger partial charge in [0.25, 0.3) is 5.91 Å². The van der Waals surface area contributed by atoms with Crippen molar-refractivity contribution in [2.75, 3.05) is 17.7 Å². The lowest BCUT2D eigenvalue weighted by molar-refractivity contribution is -0.153. The van der Waals surface area contributed by atoms with Crippen LogP contribution in [0.25, 0.3) is 0 Å². The van der Waals surface area contributed by atoms with E-state index < -0.39 is 0 Å². The van der Waals surface area contributed by atoms with Crippen LogP contribution in [0.2, 0.25) is 0 Å². The lowest BCUT2D eigenvalue weighted by atomic mass is 9.49. The molecule has 4 aliphatic rings. The lowest BCUT2D eigenvalue weighted by Gasteiger charge is -2.60. The van der Waals surface area contributed by atoms with E-state index in [2.05, 4.69) is 27.3 Å². The number of carbonyl (C=O) groups is 2. The second-order valence-electron chi connectivity index (χ2n) is 8.94. The number of thioether (sulfide) groups is 1. The van der Waals surface area contributed by atoms with Crippen LogP contribution >= 0.6 is 27.7 Å². The van der Waals surface area contributed by atoms with E-state index >= 15 is 0 Å². The minimum Gasteiger partial charge on any atom is -0.456 e. The second kappa shape index (κ2) is 8.31. The minimum absolute atomic E-state index is 0.0433. The first-order valence-electron chi connectivity index (χ1n) is 10.1. The first-order chi connectivity index (χ1) is 13.9. The van der Waals surface area contributed by atoms with E-state index in [0.717, 1.165) is 24.2 Å². The van der Waals surface area contributed by atoms with Gasteiger partial charge in [-0.05, 0) is 67.9 Å². The fourth-order valence-corrected chi connectivity index (χ4v) is 8.22. The highest BCUT2D eigenvalue weighted by Gasteiger charge is 2.57. The Hall–Kier alpha value is -1.52. The predicted octanol–water partition coefficient (Wildman–Crippen LogP) is 4.91. The number of alkyl halides is 1. The van der Waals surface area contributed by atoms with Gasteiger partial charge >= 0.3 is 5.97 Å². The third-order valence-corrected chi connectivity index (χ3v) is 8.32. The average Bonchev–Trinajstić information content (AvgIpc) is 2.63. The molecule has 2 atom stereocenters. The number of para-hydroxylation sites is 1. The molecule has 0 aliphatic heterocycles. The Morgan fingerprint density at radius 2 is 1.97 bits per heavy atom.